The second-order valence-electron chi connectivity index (χ2n) is 4.30. The number of aromatic amines is 1. The molecule has 6 heteroatoms. The summed E-state index contributed by atoms with van der Waals surface area (Å²) in [7, 11) is 0. The molecule has 2 rings (SSSR count). The molecule has 0 spiro atoms. The molecule has 1 aromatic heterocycles. The molecule has 0 bridgehead atoms. The highest BCUT2D eigenvalue weighted by Crippen LogP contribution is 2.19. The van der Waals surface area contributed by atoms with Gasteiger partial charge in [-0.1, -0.05) is 23.2 Å². The normalized spacial score (nSPS) is 12.6. The second-order valence-corrected chi connectivity index (χ2v) is 5.17. The van der Waals surface area contributed by atoms with Gasteiger partial charge in [-0.15, -0.1) is 0 Å². The van der Waals surface area contributed by atoms with Gasteiger partial charge in [-0.2, -0.15) is 5.10 Å². The van der Waals surface area contributed by atoms with E-state index in [0.29, 0.717) is 10.0 Å². The Balaban J connectivity index is 1.98. The van der Waals surface area contributed by atoms with Gasteiger partial charge in [-0.3, -0.25) is 9.89 Å². The minimum absolute atomic E-state index is 0.117. The van der Waals surface area contributed by atoms with E-state index in [1.807, 2.05) is 6.92 Å². The van der Waals surface area contributed by atoms with Crippen molar-refractivity contribution < 1.29 is 4.79 Å². The first-order valence-corrected chi connectivity index (χ1v) is 6.73. The van der Waals surface area contributed by atoms with E-state index in [-0.39, 0.29) is 11.9 Å². The van der Waals surface area contributed by atoms with E-state index in [1.54, 1.807) is 36.7 Å². The summed E-state index contributed by atoms with van der Waals surface area (Å²) < 4.78 is 0. The summed E-state index contributed by atoms with van der Waals surface area (Å²) in [6.07, 6.45) is 6.52. The monoisotopic (exact) mass is 309 g/mol. The molecular weight excluding hydrogens is 297 g/mol. The summed E-state index contributed by atoms with van der Waals surface area (Å²) in [5.41, 5.74) is 1.69. The Labute approximate surface area is 126 Å². The van der Waals surface area contributed by atoms with Gasteiger partial charge in [0.2, 0.25) is 5.91 Å². The van der Waals surface area contributed by atoms with E-state index in [4.69, 9.17) is 23.2 Å². The highest BCUT2D eigenvalue weighted by atomic mass is 35.5. The third-order valence-electron chi connectivity index (χ3n) is 2.69. The summed E-state index contributed by atoms with van der Waals surface area (Å²) in [6.45, 7) is 1.88. The number of benzene rings is 1. The standard InChI is InChI=1S/C14H13Cl2N3O/c1-9(11-7-17-18-8-11)19-14(20)3-2-10-4-12(15)6-13(16)5-10/h2-9H,1H3,(H,17,18)(H,19,20)/b3-2+. The zero-order valence-electron chi connectivity index (χ0n) is 10.7. The van der Waals surface area contributed by atoms with Gasteiger partial charge in [-0.05, 0) is 36.8 Å². The van der Waals surface area contributed by atoms with Crippen LogP contribution in [-0.4, -0.2) is 16.1 Å². The Morgan fingerprint density at radius 2 is 2.05 bits per heavy atom. The largest absolute Gasteiger partial charge is 0.346 e. The molecule has 0 aliphatic carbocycles. The summed E-state index contributed by atoms with van der Waals surface area (Å²) in [5, 5.41) is 10.4. The van der Waals surface area contributed by atoms with E-state index >= 15 is 0 Å². The number of hydrogen-bond acceptors (Lipinski definition) is 2. The van der Waals surface area contributed by atoms with E-state index in [1.165, 1.54) is 6.08 Å². The van der Waals surface area contributed by atoms with Crippen LogP contribution in [0.1, 0.15) is 24.1 Å². The van der Waals surface area contributed by atoms with Gasteiger partial charge >= 0.3 is 0 Å². The summed E-state index contributed by atoms with van der Waals surface area (Å²) in [4.78, 5) is 11.8. The number of carbonyl (C=O) groups is 1. The fourth-order valence-corrected chi connectivity index (χ4v) is 2.23. The van der Waals surface area contributed by atoms with Crippen LogP contribution in [0.4, 0.5) is 0 Å². The Morgan fingerprint density at radius 1 is 1.35 bits per heavy atom. The molecule has 104 valence electrons. The van der Waals surface area contributed by atoms with Crippen molar-refractivity contribution >= 4 is 35.2 Å². The van der Waals surface area contributed by atoms with Gasteiger partial charge in [0.1, 0.15) is 0 Å². The molecule has 0 radical (unpaired) electrons. The van der Waals surface area contributed by atoms with Crippen molar-refractivity contribution in [2.75, 3.05) is 0 Å². The Hall–Kier alpha value is -1.78. The van der Waals surface area contributed by atoms with E-state index in [0.717, 1.165) is 11.1 Å². The molecule has 1 atom stereocenters. The molecule has 0 aliphatic heterocycles. The zero-order valence-corrected chi connectivity index (χ0v) is 12.2. The van der Waals surface area contributed by atoms with Gasteiger partial charge in [-0.25, -0.2) is 0 Å². The molecule has 1 amide bonds. The molecule has 20 heavy (non-hydrogen) atoms. The predicted molar refractivity (Wildman–Crippen MR) is 80.6 cm³/mol. The molecule has 0 aliphatic rings. The lowest BCUT2D eigenvalue weighted by atomic mass is 10.2. The Bertz CT molecular complexity index is 603. The van der Waals surface area contributed by atoms with Crippen LogP contribution in [-0.2, 0) is 4.79 Å². The SMILES string of the molecule is CC(NC(=O)/C=C/c1cc(Cl)cc(Cl)c1)c1cn[nH]c1. The quantitative estimate of drug-likeness (QED) is 0.848. The number of halogens is 2. The minimum atomic E-state index is -0.199. The predicted octanol–water partition coefficient (Wildman–Crippen LogP) is 3.61. The maximum Gasteiger partial charge on any atom is 0.244 e. The number of amides is 1. The first kappa shape index (κ1) is 14.6. The van der Waals surface area contributed by atoms with Crippen LogP contribution >= 0.6 is 23.2 Å². The summed E-state index contributed by atoms with van der Waals surface area (Å²) >= 11 is 11.8. The van der Waals surface area contributed by atoms with Crippen molar-refractivity contribution in [3.8, 4) is 0 Å². The van der Waals surface area contributed by atoms with Gasteiger partial charge in [0.15, 0.2) is 0 Å². The number of rotatable bonds is 4. The molecule has 1 unspecified atom stereocenters. The number of nitrogens with zero attached hydrogens (tertiary/aromatic N) is 1. The minimum Gasteiger partial charge on any atom is -0.346 e. The second kappa shape index (κ2) is 6.59. The number of carbonyl (C=O) groups excluding carboxylic acids is 1. The van der Waals surface area contributed by atoms with Gasteiger partial charge in [0, 0.05) is 27.9 Å². The van der Waals surface area contributed by atoms with Crippen LogP contribution in [0.15, 0.2) is 36.7 Å². The van der Waals surface area contributed by atoms with Crippen molar-refractivity contribution in [3.63, 3.8) is 0 Å². The lowest BCUT2D eigenvalue weighted by molar-refractivity contribution is -0.117. The van der Waals surface area contributed by atoms with Crippen LogP contribution in [0.5, 0.6) is 0 Å². The molecule has 1 heterocycles. The van der Waals surface area contributed by atoms with Crippen LogP contribution in [0, 0.1) is 0 Å². The third kappa shape index (κ3) is 4.11. The molecule has 2 N–H and O–H groups in total. The van der Waals surface area contributed by atoms with Crippen molar-refractivity contribution in [2.24, 2.45) is 0 Å². The lowest BCUT2D eigenvalue weighted by Gasteiger charge is -2.09. The van der Waals surface area contributed by atoms with Gasteiger partial charge in [0.25, 0.3) is 0 Å². The zero-order chi connectivity index (χ0) is 14.5. The van der Waals surface area contributed by atoms with Crippen LogP contribution in [0.25, 0.3) is 6.08 Å². The molecule has 0 fully saturated rings. The van der Waals surface area contributed by atoms with Crippen LogP contribution in [0.3, 0.4) is 0 Å². The first-order chi connectivity index (χ1) is 9.54. The maximum atomic E-state index is 11.8. The molecule has 0 saturated heterocycles. The molecule has 1 aromatic carbocycles. The molecular formula is C14H13Cl2N3O. The number of H-pyrrole nitrogens is 1. The fourth-order valence-electron chi connectivity index (χ4n) is 1.69. The van der Waals surface area contributed by atoms with Crippen molar-refractivity contribution in [3.05, 3.63) is 57.8 Å². The topological polar surface area (TPSA) is 57.8 Å². The van der Waals surface area contributed by atoms with Gasteiger partial charge in [0.05, 0.1) is 12.2 Å². The van der Waals surface area contributed by atoms with Crippen molar-refractivity contribution in [1.82, 2.24) is 15.5 Å². The molecule has 2 aromatic rings. The Morgan fingerprint density at radius 3 is 2.65 bits per heavy atom. The number of aromatic nitrogens is 2. The van der Waals surface area contributed by atoms with E-state index in [2.05, 4.69) is 15.5 Å². The summed E-state index contributed by atoms with van der Waals surface area (Å²) in [6, 6.07) is 4.99. The average molecular weight is 310 g/mol. The third-order valence-corrected chi connectivity index (χ3v) is 3.13. The van der Waals surface area contributed by atoms with Crippen LogP contribution < -0.4 is 5.32 Å². The maximum absolute atomic E-state index is 11.8. The lowest BCUT2D eigenvalue weighted by Crippen LogP contribution is -2.24. The fraction of sp³-hybridized carbons (Fsp3) is 0.143. The smallest absolute Gasteiger partial charge is 0.244 e. The van der Waals surface area contributed by atoms with Gasteiger partial charge < -0.3 is 5.32 Å². The van der Waals surface area contributed by atoms with E-state index < -0.39 is 0 Å². The van der Waals surface area contributed by atoms with Crippen LogP contribution in [0.2, 0.25) is 10.0 Å². The van der Waals surface area contributed by atoms with E-state index in [9.17, 15) is 4.79 Å². The highest BCUT2D eigenvalue weighted by Gasteiger charge is 2.07. The molecule has 0 saturated carbocycles. The number of nitrogens with one attached hydrogen (secondary N) is 2. The molecule has 4 nitrogen and oxygen atoms in total. The first-order valence-electron chi connectivity index (χ1n) is 5.98. The Kier molecular flexibility index (Phi) is 4.82. The average Bonchev–Trinajstić information content (AvgIpc) is 2.89. The summed E-state index contributed by atoms with van der Waals surface area (Å²) in [5.74, 6) is -0.199. The highest BCUT2D eigenvalue weighted by molar-refractivity contribution is 6.34. The number of hydrogen-bond donors (Lipinski definition) is 2. The van der Waals surface area contributed by atoms with Crippen molar-refractivity contribution in [2.45, 2.75) is 13.0 Å². The van der Waals surface area contributed by atoms with Crippen molar-refractivity contribution in [1.29, 1.82) is 0 Å².